The number of nitrogens with one attached hydrogen (secondary N) is 1. The van der Waals surface area contributed by atoms with Crippen molar-refractivity contribution in [3.63, 3.8) is 0 Å². The Morgan fingerprint density at radius 1 is 0.926 bits per heavy atom. The van der Waals surface area contributed by atoms with Gasteiger partial charge in [0.1, 0.15) is 18.1 Å². The molecule has 0 saturated heterocycles. The smallest absolute Gasteiger partial charge is 0.251 e. The Morgan fingerprint density at radius 3 is 2.37 bits per heavy atom. The van der Waals surface area contributed by atoms with Crippen LogP contribution >= 0.6 is 0 Å². The van der Waals surface area contributed by atoms with Gasteiger partial charge in [0.15, 0.2) is 0 Å². The molecule has 3 aromatic rings. The van der Waals surface area contributed by atoms with E-state index in [2.05, 4.69) is 5.32 Å². The molecule has 0 aromatic heterocycles. The summed E-state index contributed by atoms with van der Waals surface area (Å²) in [5.74, 6) is 1.33. The number of ether oxygens (including phenoxy) is 2. The van der Waals surface area contributed by atoms with Crippen LogP contribution in [-0.4, -0.2) is 13.0 Å². The third-order valence-electron chi connectivity index (χ3n) is 4.31. The number of methoxy groups -OCH3 is 1. The number of hydrogen-bond donors (Lipinski definition) is 1. The maximum atomic E-state index is 12.6. The van der Waals surface area contributed by atoms with Gasteiger partial charge in [0.25, 0.3) is 5.91 Å². The number of rotatable bonds is 7. The lowest BCUT2D eigenvalue weighted by Crippen LogP contribution is -2.26. The summed E-state index contributed by atoms with van der Waals surface area (Å²) in [7, 11) is 1.63. The number of carbonyl (C=O) groups excluding carboxylic acids is 1. The fraction of sp³-hybridized carbons (Fsp3) is 0.174. The first kappa shape index (κ1) is 18.5. The van der Waals surface area contributed by atoms with Gasteiger partial charge in [-0.2, -0.15) is 0 Å². The van der Waals surface area contributed by atoms with Crippen LogP contribution in [0.3, 0.4) is 0 Å². The molecule has 1 amide bonds. The van der Waals surface area contributed by atoms with Gasteiger partial charge in [-0.3, -0.25) is 4.79 Å². The Labute approximate surface area is 159 Å². The van der Waals surface area contributed by atoms with Gasteiger partial charge in [0.05, 0.1) is 13.2 Å². The van der Waals surface area contributed by atoms with Crippen LogP contribution in [0.25, 0.3) is 0 Å². The van der Waals surface area contributed by atoms with Gasteiger partial charge in [-0.25, -0.2) is 0 Å². The second kappa shape index (κ2) is 8.90. The average Bonchev–Trinajstić information content (AvgIpc) is 2.73. The van der Waals surface area contributed by atoms with Crippen molar-refractivity contribution >= 4 is 5.91 Å². The summed E-state index contributed by atoms with van der Waals surface area (Å²) in [6.07, 6.45) is 0. The monoisotopic (exact) mass is 361 g/mol. The molecule has 4 heteroatoms. The summed E-state index contributed by atoms with van der Waals surface area (Å²) >= 11 is 0. The highest BCUT2D eigenvalue weighted by molar-refractivity contribution is 5.94. The first-order chi connectivity index (χ1) is 13.2. The van der Waals surface area contributed by atoms with Crippen LogP contribution in [0, 0.1) is 0 Å². The number of carbonyl (C=O) groups is 1. The molecule has 1 N–H and O–H groups in total. The molecule has 0 aliphatic rings. The molecule has 0 aliphatic carbocycles. The van der Waals surface area contributed by atoms with Crippen molar-refractivity contribution in [1.29, 1.82) is 0 Å². The first-order valence-corrected chi connectivity index (χ1v) is 8.87. The first-order valence-electron chi connectivity index (χ1n) is 8.87. The van der Waals surface area contributed by atoms with Crippen molar-refractivity contribution < 1.29 is 14.3 Å². The van der Waals surface area contributed by atoms with Gasteiger partial charge in [-0.1, -0.05) is 48.5 Å². The average molecular weight is 361 g/mol. The molecule has 0 heterocycles. The summed E-state index contributed by atoms with van der Waals surface area (Å²) in [4.78, 5) is 12.6. The van der Waals surface area contributed by atoms with E-state index in [0.29, 0.717) is 17.9 Å². The van der Waals surface area contributed by atoms with Crippen LogP contribution in [0.1, 0.15) is 34.5 Å². The lowest BCUT2D eigenvalue weighted by Gasteiger charge is -2.15. The SMILES string of the molecule is COc1ccc([C@@H](C)NC(=O)c2cccc(OCc3ccccc3)c2)cc1. The molecule has 0 bridgehead atoms. The van der Waals surface area contributed by atoms with Gasteiger partial charge in [0, 0.05) is 5.56 Å². The maximum absolute atomic E-state index is 12.6. The topological polar surface area (TPSA) is 47.6 Å². The van der Waals surface area contributed by atoms with E-state index in [1.807, 2.05) is 73.7 Å². The Hall–Kier alpha value is -3.27. The van der Waals surface area contributed by atoms with E-state index >= 15 is 0 Å². The van der Waals surface area contributed by atoms with Crippen molar-refractivity contribution in [2.45, 2.75) is 19.6 Å². The lowest BCUT2D eigenvalue weighted by molar-refractivity contribution is 0.0939. The standard InChI is InChI=1S/C23H23NO3/c1-17(19-11-13-21(26-2)14-12-19)24-23(25)20-9-6-10-22(15-20)27-16-18-7-4-3-5-8-18/h3-15,17H,16H2,1-2H3,(H,24,25)/t17-/m1/s1. The second-order valence-corrected chi connectivity index (χ2v) is 6.27. The highest BCUT2D eigenvalue weighted by Gasteiger charge is 2.12. The molecule has 1 atom stereocenters. The molecule has 3 rings (SSSR count). The maximum Gasteiger partial charge on any atom is 0.251 e. The molecule has 4 nitrogen and oxygen atoms in total. The van der Waals surface area contributed by atoms with E-state index in [9.17, 15) is 4.79 Å². The van der Waals surface area contributed by atoms with E-state index in [0.717, 1.165) is 16.9 Å². The Balaban J connectivity index is 1.62. The minimum atomic E-state index is -0.136. The zero-order chi connectivity index (χ0) is 19.1. The third-order valence-corrected chi connectivity index (χ3v) is 4.31. The fourth-order valence-corrected chi connectivity index (χ4v) is 2.72. The number of amides is 1. The van der Waals surface area contributed by atoms with E-state index in [1.165, 1.54) is 0 Å². The molecule has 0 aliphatic heterocycles. The zero-order valence-electron chi connectivity index (χ0n) is 15.5. The molecular weight excluding hydrogens is 338 g/mol. The Bertz CT molecular complexity index is 876. The Morgan fingerprint density at radius 2 is 1.67 bits per heavy atom. The van der Waals surface area contributed by atoms with Gasteiger partial charge >= 0.3 is 0 Å². The van der Waals surface area contributed by atoms with Gasteiger partial charge in [0.2, 0.25) is 0 Å². The molecule has 0 radical (unpaired) electrons. The summed E-state index contributed by atoms with van der Waals surface area (Å²) in [6, 6.07) is 24.7. The molecule has 0 fully saturated rings. The van der Waals surface area contributed by atoms with E-state index in [-0.39, 0.29) is 11.9 Å². The summed E-state index contributed by atoms with van der Waals surface area (Å²) in [5, 5.41) is 3.02. The van der Waals surface area contributed by atoms with Crippen LogP contribution < -0.4 is 14.8 Å². The second-order valence-electron chi connectivity index (χ2n) is 6.27. The summed E-state index contributed by atoms with van der Waals surface area (Å²) < 4.78 is 11.0. The minimum Gasteiger partial charge on any atom is -0.497 e. The molecule has 0 unspecified atom stereocenters. The van der Waals surface area contributed by atoms with Crippen LogP contribution in [0.15, 0.2) is 78.9 Å². The van der Waals surface area contributed by atoms with Crippen molar-refractivity contribution in [2.24, 2.45) is 0 Å². The van der Waals surface area contributed by atoms with Gasteiger partial charge in [-0.05, 0) is 48.4 Å². The quantitative estimate of drug-likeness (QED) is 0.660. The van der Waals surface area contributed by atoms with Crippen molar-refractivity contribution in [1.82, 2.24) is 5.32 Å². The van der Waals surface area contributed by atoms with Crippen LogP contribution in [0.5, 0.6) is 11.5 Å². The third kappa shape index (κ3) is 5.11. The molecule has 0 saturated carbocycles. The molecule has 0 spiro atoms. The predicted octanol–water partition coefficient (Wildman–Crippen LogP) is 4.77. The van der Waals surface area contributed by atoms with Crippen LogP contribution in [-0.2, 0) is 6.61 Å². The number of benzene rings is 3. The zero-order valence-corrected chi connectivity index (χ0v) is 15.5. The van der Waals surface area contributed by atoms with Gasteiger partial charge in [-0.15, -0.1) is 0 Å². The fourth-order valence-electron chi connectivity index (χ4n) is 2.72. The van der Waals surface area contributed by atoms with E-state index in [4.69, 9.17) is 9.47 Å². The lowest BCUT2D eigenvalue weighted by atomic mass is 10.1. The van der Waals surface area contributed by atoms with Crippen LogP contribution in [0.4, 0.5) is 0 Å². The largest absolute Gasteiger partial charge is 0.497 e. The molecule has 27 heavy (non-hydrogen) atoms. The van der Waals surface area contributed by atoms with Crippen LogP contribution in [0.2, 0.25) is 0 Å². The van der Waals surface area contributed by atoms with Crippen molar-refractivity contribution in [3.8, 4) is 11.5 Å². The minimum absolute atomic E-state index is 0.114. The van der Waals surface area contributed by atoms with E-state index in [1.54, 1.807) is 19.2 Å². The predicted molar refractivity (Wildman–Crippen MR) is 106 cm³/mol. The van der Waals surface area contributed by atoms with Gasteiger partial charge < -0.3 is 14.8 Å². The number of hydrogen-bond acceptors (Lipinski definition) is 3. The molecule has 3 aromatic carbocycles. The van der Waals surface area contributed by atoms with Crippen molar-refractivity contribution in [2.75, 3.05) is 7.11 Å². The normalized spacial score (nSPS) is 11.5. The highest BCUT2D eigenvalue weighted by Crippen LogP contribution is 2.19. The Kier molecular flexibility index (Phi) is 6.10. The molecular formula is C23H23NO3. The van der Waals surface area contributed by atoms with Crippen molar-refractivity contribution in [3.05, 3.63) is 95.6 Å². The molecule has 138 valence electrons. The highest BCUT2D eigenvalue weighted by atomic mass is 16.5. The summed E-state index contributed by atoms with van der Waals surface area (Å²) in [5.41, 5.74) is 2.67. The van der Waals surface area contributed by atoms with E-state index < -0.39 is 0 Å². The summed E-state index contributed by atoms with van der Waals surface area (Å²) in [6.45, 7) is 2.42.